The topological polar surface area (TPSA) is 9.23 Å². The number of alkyl halides is 1. The number of hydrogen-bond acceptors (Lipinski definition) is 1. The first-order chi connectivity index (χ1) is 7.52. The van der Waals surface area contributed by atoms with Gasteiger partial charge in [0.15, 0.2) is 0 Å². The summed E-state index contributed by atoms with van der Waals surface area (Å²) < 4.78 is 6.57. The van der Waals surface area contributed by atoms with Crippen LogP contribution in [0.5, 0.6) is 5.75 Å². The number of methoxy groups -OCH3 is 1. The summed E-state index contributed by atoms with van der Waals surface area (Å²) in [6.45, 7) is 6.26. The monoisotopic (exact) mass is 304 g/mol. The zero-order valence-electron chi connectivity index (χ0n) is 10.2. The third-order valence-corrected chi connectivity index (χ3v) is 4.03. The zero-order chi connectivity index (χ0) is 12.3. The van der Waals surface area contributed by atoms with E-state index in [0.29, 0.717) is 0 Å². The standard InChI is InChI=1S/C13H18BrClO/c1-5-6-11(15)12-9(3)10(14)7-8(2)13(12)16-4/h7,11H,5-6H2,1-4H3. The molecule has 0 heterocycles. The van der Waals surface area contributed by atoms with E-state index in [1.54, 1.807) is 7.11 Å². The zero-order valence-corrected chi connectivity index (χ0v) is 12.6. The predicted molar refractivity (Wildman–Crippen MR) is 73.7 cm³/mol. The van der Waals surface area contributed by atoms with Gasteiger partial charge in [-0.3, -0.25) is 0 Å². The van der Waals surface area contributed by atoms with Gasteiger partial charge in [-0.05, 0) is 37.5 Å². The summed E-state index contributed by atoms with van der Waals surface area (Å²) in [5.41, 5.74) is 3.42. The summed E-state index contributed by atoms with van der Waals surface area (Å²) >= 11 is 10.0. The van der Waals surface area contributed by atoms with Gasteiger partial charge in [-0.15, -0.1) is 11.6 Å². The molecule has 0 aliphatic carbocycles. The number of rotatable bonds is 4. The lowest BCUT2D eigenvalue weighted by molar-refractivity contribution is 0.404. The van der Waals surface area contributed by atoms with Crippen LogP contribution in [0.3, 0.4) is 0 Å². The van der Waals surface area contributed by atoms with Crippen molar-refractivity contribution in [1.29, 1.82) is 0 Å². The lowest BCUT2D eigenvalue weighted by Crippen LogP contribution is -2.01. The number of benzene rings is 1. The summed E-state index contributed by atoms with van der Waals surface area (Å²) in [4.78, 5) is 0. The van der Waals surface area contributed by atoms with Gasteiger partial charge in [0, 0.05) is 10.0 Å². The molecule has 0 spiro atoms. The third kappa shape index (κ3) is 2.72. The lowest BCUT2D eigenvalue weighted by atomic mass is 9.98. The maximum absolute atomic E-state index is 6.44. The van der Waals surface area contributed by atoms with Crippen LogP contribution in [0.1, 0.15) is 41.8 Å². The summed E-state index contributed by atoms with van der Waals surface area (Å²) in [5.74, 6) is 0.925. The normalized spacial score (nSPS) is 12.6. The molecule has 90 valence electrons. The van der Waals surface area contributed by atoms with Crippen LogP contribution in [0.25, 0.3) is 0 Å². The quantitative estimate of drug-likeness (QED) is 0.699. The first-order valence-corrected chi connectivity index (χ1v) is 6.73. The molecule has 1 atom stereocenters. The van der Waals surface area contributed by atoms with Crippen molar-refractivity contribution in [2.45, 2.75) is 39.0 Å². The van der Waals surface area contributed by atoms with E-state index in [-0.39, 0.29) is 5.38 Å². The summed E-state index contributed by atoms with van der Waals surface area (Å²) in [6, 6.07) is 2.08. The fraction of sp³-hybridized carbons (Fsp3) is 0.538. The van der Waals surface area contributed by atoms with Crippen LogP contribution in [-0.4, -0.2) is 7.11 Å². The van der Waals surface area contributed by atoms with Crippen molar-refractivity contribution in [3.05, 3.63) is 27.2 Å². The Hall–Kier alpha value is -0.210. The maximum atomic E-state index is 6.44. The minimum Gasteiger partial charge on any atom is -0.496 e. The molecule has 16 heavy (non-hydrogen) atoms. The molecule has 1 rings (SSSR count). The first-order valence-electron chi connectivity index (χ1n) is 5.50. The molecule has 0 amide bonds. The molecule has 0 aliphatic rings. The predicted octanol–water partition coefficient (Wildman–Crippen LogP) is 5.15. The van der Waals surface area contributed by atoms with Crippen molar-refractivity contribution in [3.8, 4) is 5.75 Å². The first kappa shape index (κ1) is 13.9. The van der Waals surface area contributed by atoms with Crippen molar-refractivity contribution < 1.29 is 4.74 Å². The molecule has 1 unspecified atom stereocenters. The Bertz CT molecular complexity index is 377. The second-order valence-corrected chi connectivity index (χ2v) is 5.38. The third-order valence-electron chi connectivity index (χ3n) is 2.77. The molecular weight excluding hydrogens is 287 g/mol. The molecule has 0 saturated carbocycles. The van der Waals surface area contributed by atoms with E-state index in [1.165, 1.54) is 5.56 Å². The van der Waals surface area contributed by atoms with E-state index in [1.807, 2.05) is 6.92 Å². The Kier molecular flexibility index (Phi) is 5.13. The smallest absolute Gasteiger partial charge is 0.126 e. The summed E-state index contributed by atoms with van der Waals surface area (Å²) in [5, 5.41) is 0.0242. The molecule has 0 fully saturated rings. The number of halogens is 2. The molecule has 1 aromatic carbocycles. The molecule has 1 aromatic rings. The van der Waals surface area contributed by atoms with Gasteiger partial charge >= 0.3 is 0 Å². The van der Waals surface area contributed by atoms with Crippen molar-refractivity contribution >= 4 is 27.5 Å². The highest BCUT2D eigenvalue weighted by atomic mass is 79.9. The molecule has 1 nitrogen and oxygen atoms in total. The lowest BCUT2D eigenvalue weighted by Gasteiger charge is -2.19. The fourth-order valence-electron chi connectivity index (χ4n) is 1.92. The highest BCUT2D eigenvalue weighted by molar-refractivity contribution is 9.10. The van der Waals surface area contributed by atoms with Crippen molar-refractivity contribution in [1.82, 2.24) is 0 Å². The molecule has 0 radical (unpaired) electrons. The van der Waals surface area contributed by atoms with Crippen LogP contribution < -0.4 is 4.74 Å². The van der Waals surface area contributed by atoms with E-state index in [0.717, 1.165) is 34.2 Å². The van der Waals surface area contributed by atoms with Gasteiger partial charge in [-0.1, -0.05) is 29.3 Å². The maximum Gasteiger partial charge on any atom is 0.126 e. The van der Waals surface area contributed by atoms with Crippen molar-refractivity contribution in [2.75, 3.05) is 7.11 Å². The summed E-state index contributed by atoms with van der Waals surface area (Å²) in [7, 11) is 1.70. The van der Waals surface area contributed by atoms with Crippen LogP contribution in [0.2, 0.25) is 0 Å². The molecule has 0 bridgehead atoms. The van der Waals surface area contributed by atoms with E-state index in [9.17, 15) is 0 Å². The Balaban J connectivity index is 3.32. The van der Waals surface area contributed by atoms with Gasteiger partial charge in [0.2, 0.25) is 0 Å². The molecule has 0 aromatic heterocycles. The average Bonchev–Trinajstić information content (AvgIpc) is 2.23. The van der Waals surface area contributed by atoms with Gasteiger partial charge < -0.3 is 4.74 Å². The van der Waals surface area contributed by atoms with Crippen LogP contribution in [0.4, 0.5) is 0 Å². The number of hydrogen-bond donors (Lipinski definition) is 0. The number of ether oxygens (including phenoxy) is 1. The van der Waals surface area contributed by atoms with Crippen molar-refractivity contribution in [2.24, 2.45) is 0 Å². The van der Waals surface area contributed by atoms with Crippen molar-refractivity contribution in [3.63, 3.8) is 0 Å². The average molecular weight is 306 g/mol. The fourth-order valence-corrected chi connectivity index (χ4v) is 2.96. The van der Waals surface area contributed by atoms with E-state index in [2.05, 4.69) is 35.8 Å². The van der Waals surface area contributed by atoms with Gasteiger partial charge in [-0.25, -0.2) is 0 Å². The van der Waals surface area contributed by atoms with Crippen LogP contribution in [0, 0.1) is 13.8 Å². The Morgan fingerprint density at radius 1 is 1.44 bits per heavy atom. The highest BCUT2D eigenvalue weighted by Crippen LogP contribution is 2.40. The summed E-state index contributed by atoms with van der Waals surface area (Å²) in [6.07, 6.45) is 2.04. The minimum atomic E-state index is 0.0242. The Morgan fingerprint density at radius 3 is 2.56 bits per heavy atom. The van der Waals surface area contributed by atoms with Crippen LogP contribution >= 0.6 is 27.5 Å². The second-order valence-electron chi connectivity index (χ2n) is 4.00. The SMILES string of the molecule is CCCC(Cl)c1c(C)c(Br)cc(C)c1OC. The Labute approximate surface area is 111 Å². The Morgan fingerprint density at radius 2 is 2.06 bits per heavy atom. The van der Waals surface area contributed by atoms with E-state index >= 15 is 0 Å². The van der Waals surface area contributed by atoms with Crippen LogP contribution in [-0.2, 0) is 0 Å². The van der Waals surface area contributed by atoms with E-state index in [4.69, 9.17) is 16.3 Å². The second kappa shape index (κ2) is 5.92. The molecule has 0 aliphatic heterocycles. The number of aryl methyl sites for hydroxylation is 1. The largest absolute Gasteiger partial charge is 0.496 e. The van der Waals surface area contributed by atoms with Gasteiger partial charge in [0.25, 0.3) is 0 Å². The minimum absolute atomic E-state index is 0.0242. The molecule has 0 saturated heterocycles. The van der Waals surface area contributed by atoms with Gasteiger partial charge in [0.05, 0.1) is 12.5 Å². The van der Waals surface area contributed by atoms with Gasteiger partial charge in [0.1, 0.15) is 5.75 Å². The molecule has 3 heteroatoms. The molecule has 0 N–H and O–H groups in total. The molecular formula is C13H18BrClO. The highest BCUT2D eigenvalue weighted by Gasteiger charge is 2.19. The van der Waals surface area contributed by atoms with E-state index < -0.39 is 0 Å². The van der Waals surface area contributed by atoms with Crippen LogP contribution in [0.15, 0.2) is 10.5 Å². The van der Waals surface area contributed by atoms with Gasteiger partial charge in [-0.2, -0.15) is 0 Å².